The molecule has 5 rings (SSSR count). The summed E-state index contributed by atoms with van der Waals surface area (Å²) >= 11 is 0. The van der Waals surface area contributed by atoms with Crippen molar-refractivity contribution in [3.8, 4) is 5.75 Å². The normalized spacial score (nSPS) is 22.6. The van der Waals surface area contributed by atoms with Gasteiger partial charge in [0, 0.05) is 63.4 Å². The minimum absolute atomic E-state index is 0.0644. The first kappa shape index (κ1) is 22.9. The van der Waals surface area contributed by atoms with E-state index in [-0.39, 0.29) is 17.9 Å². The van der Waals surface area contributed by atoms with Gasteiger partial charge in [0.15, 0.2) is 0 Å². The molecule has 0 radical (unpaired) electrons. The minimum Gasteiger partial charge on any atom is -0.497 e. The van der Waals surface area contributed by atoms with E-state index in [2.05, 4.69) is 42.1 Å². The molecule has 9 nitrogen and oxygen atoms in total. The van der Waals surface area contributed by atoms with Gasteiger partial charge in [0.25, 0.3) is 0 Å². The summed E-state index contributed by atoms with van der Waals surface area (Å²) in [5.74, 6) is 1.73. The average Bonchev–Trinajstić information content (AvgIpc) is 2.91. The van der Waals surface area contributed by atoms with E-state index in [1.807, 2.05) is 6.07 Å². The molecule has 2 atom stereocenters. The third-order valence-electron chi connectivity index (χ3n) is 7.19. The number of piperazine rings is 1. The van der Waals surface area contributed by atoms with Crippen molar-refractivity contribution < 1.29 is 14.3 Å². The van der Waals surface area contributed by atoms with Gasteiger partial charge in [-0.3, -0.25) is 14.7 Å². The number of benzene rings is 1. The Kier molecular flexibility index (Phi) is 7.10. The number of nitrogens with one attached hydrogen (secondary N) is 1. The van der Waals surface area contributed by atoms with Gasteiger partial charge >= 0.3 is 0 Å². The van der Waals surface area contributed by atoms with Crippen molar-refractivity contribution in [2.24, 2.45) is 5.92 Å². The van der Waals surface area contributed by atoms with E-state index in [0.29, 0.717) is 6.54 Å². The SMILES string of the molecule is COc1ccc2c(c1)N1CCN(c3cnccn3)C[C@@H]1[C@@H](C(=O)NCCCN1CCOCC1)C2. The molecular weight excluding hydrogens is 432 g/mol. The van der Waals surface area contributed by atoms with Gasteiger partial charge in [0.05, 0.1) is 38.5 Å². The average molecular weight is 467 g/mol. The van der Waals surface area contributed by atoms with E-state index in [1.54, 1.807) is 25.7 Å². The molecule has 0 spiro atoms. The maximum Gasteiger partial charge on any atom is 0.225 e. The third kappa shape index (κ3) is 4.95. The number of fused-ring (bicyclic) bond motifs is 3. The Morgan fingerprint density at radius 1 is 1.21 bits per heavy atom. The Labute approximate surface area is 201 Å². The molecule has 0 aliphatic carbocycles. The van der Waals surface area contributed by atoms with Gasteiger partial charge in [-0.1, -0.05) is 6.07 Å². The molecule has 1 aromatic heterocycles. The van der Waals surface area contributed by atoms with E-state index >= 15 is 0 Å². The second-order valence-corrected chi connectivity index (χ2v) is 9.17. The summed E-state index contributed by atoms with van der Waals surface area (Å²) in [4.78, 5) is 29.2. The van der Waals surface area contributed by atoms with E-state index in [9.17, 15) is 4.79 Å². The number of ether oxygens (including phenoxy) is 2. The fourth-order valence-corrected chi connectivity index (χ4v) is 5.34. The molecule has 1 N–H and O–H groups in total. The number of methoxy groups -OCH3 is 1. The van der Waals surface area contributed by atoms with Gasteiger partial charge in [-0.05, 0) is 31.0 Å². The van der Waals surface area contributed by atoms with E-state index < -0.39 is 0 Å². The Hall–Kier alpha value is -2.91. The molecule has 0 saturated carbocycles. The maximum atomic E-state index is 13.4. The Morgan fingerprint density at radius 3 is 2.88 bits per heavy atom. The van der Waals surface area contributed by atoms with Crippen LogP contribution in [0.5, 0.6) is 5.75 Å². The molecule has 9 heteroatoms. The first-order valence-electron chi connectivity index (χ1n) is 12.3. The standard InChI is InChI=1S/C25H34N6O3/c1-33-20-4-3-19-15-21(25(32)28-5-2-8-29-11-13-34-14-12-29)23-18-30(24-17-26-6-7-27-24)9-10-31(23)22(19)16-20/h3-4,6-7,16-17,21,23H,2,5,8-15,18H2,1H3,(H,28,32)/t21-,23+/m0/s1. The number of hydrogen-bond acceptors (Lipinski definition) is 8. The molecular formula is C25H34N6O3. The van der Waals surface area contributed by atoms with Crippen LogP contribution in [0.4, 0.5) is 11.5 Å². The van der Waals surface area contributed by atoms with Crippen molar-refractivity contribution in [1.82, 2.24) is 20.2 Å². The van der Waals surface area contributed by atoms with Gasteiger partial charge in [-0.25, -0.2) is 4.98 Å². The highest BCUT2D eigenvalue weighted by Gasteiger charge is 2.42. The second-order valence-electron chi connectivity index (χ2n) is 9.17. The largest absolute Gasteiger partial charge is 0.497 e. The Bertz CT molecular complexity index is 968. The number of morpholine rings is 1. The maximum absolute atomic E-state index is 13.4. The van der Waals surface area contributed by atoms with E-state index in [4.69, 9.17) is 9.47 Å². The first-order valence-corrected chi connectivity index (χ1v) is 12.3. The summed E-state index contributed by atoms with van der Waals surface area (Å²) in [7, 11) is 1.70. The fraction of sp³-hybridized carbons (Fsp3) is 0.560. The summed E-state index contributed by atoms with van der Waals surface area (Å²) in [5.41, 5.74) is 2.39. The molecule has 0 bridgehead atoms. The number of anilines is 2. The molecule has 3 aliphatic rings. The first-order chi connectivity index (χ1) is 16.7. The number of hydrogen-bond donors (Lipinski definition) is 1. The minimum atomic E-state index is -0.122. The lowest BCUT2D eigenvalue weighted by Crippen LogP contribution is -2.61. The van der Waals surface area contributed by atoms with Crippen LogP contribution in [-0.2, 0) is 16.0 Å². The zero-order chi connectivity index (χ0) is 23.3. The van der Waals surface area contributed by atoms with Crippen LogP contribution in [0.2, 0.25) is 0 Å². The van der Waals surface area contributed by atoms with Gasteiger partial charge < -0.3 is 24.6 Å². The number of aromatic nitrogens is 2. The third-order valence-corrected chi connectivity index (χ3v) is 7.19. The van der Waals surface area contributed by atoms with Crippen LogP contribution < -0.4 is 19.9 Å². The second kappa shape index (κ2) is 10.6. The van der Waals surface area contributed by atoms with Crippen molar-refractivity contribution in [3.05, 3.63) is 42.4 Å². The van der Waals surface area contributed by atoms with E-state index in [0.717, 1.165) is 76.9 Å². The van der Waals surface area contributed by atoms with Crippen molar-refractivity contribution >= 4 is 17.4 Å². The summed E-state index contributed by atoms with van der Waals surface area (Å²) in [5, 5.41) is 3.24. The lowest BCUT2D eigenvalue weighted by molar-refractivity contribution is -0.125. The van der Waals surface area contributed by atoms with Gasteiger partial charge in [0.1, 0.15) is 11.6 Å². The molecule has 34 heavy (non-hydrogen) atoms. The van der Waals surface area contributed by atoms with Gasteiger partial charge in [-0.15, -0.1) is 0 Å². The molecule has 2 fully saturated rings. The molecule has 2 aromatic rings. The molecule has 1 amide bonds. The van der Waals surface area contributed by atoms with Gasteiger partial charge in [0.2, 0.25) is 5.91 Å². The fourth-order valence-electron chi connectivity index (χ4n) is 5.34. The summed E-state index contributed by atoms with van der Waals surface area (Å²) in [6, 6.07) is 6.27. The Balaban J connectivity index is 1.29. The highest BCUT2D eigenvalue weighted by atomic mass is 16.5. The number of nitrogens with zero attached hydrogens (tertiary/aromatic N) is 5. The van der Waals surface area contributed by atoms with Crippen LogP contribution in [-0.4, -0.2) is 93.0 Å². The molecule has 1 aromatic carbocycles. The topological polar surface area (TPSA) is 83.1 Å². The van der Waals surface area contributed by atoms with Crippen molar-refractivity contribution in [3.63, 3.8) is 0 Å². The summed E-state index contributed by atoms with van der Waals surface area (Å²) in [6.45, 7) is 7.65. The highest BCUT2D eigenvalue weighted by Crippen LogP contribution is 2.38. The lowest BCUT2D eigenvalue weighted by Gasteiger charge is -2.49. The number of amides is 1. The highest BCUT2D eigenvalue weighted by molar-refractivity contribution is 5.82. The van der Waals surface area contributed by atoms with Crippen molar-refractivity contribution in [2.75, 3.05) is 75.9 Å². The zero-order valence-corrected chi connectivity index (χ0v) is 19.9. The monoisotopic (exact) mass is 466 g/mol. The molecule has 0 unspecified atom stereocenters. The summed E-state index contributed by atoms with van der Waals surface area (Å²) in [6.07, 6.45) is 6.89. The summed E-state index contributed by atoms with van der Waals surface area (Å²) < 4.78 is 10.9. The van der Waals surface area contributed by atoms with Crippen LogP contribution in [0.1, 0.15) is 12.0 Å². The number of carbonyl (C=O) groups is 1. The number of rotatable bonds is 7. The van der Waals surface area contributed by atoms with Gasteiger partial charge in [-0.2, -0.15) is 0 Å². The Morgan fingerprint density at radius 2 is 2.09 bits per heavy atom. The van der Waals surface area contributed by atoms with E-state index in [1.165, 1.54) is 11.3 Å². The zero-order valence-electron chi connectivity index (χ0n) is 19.9. The predicted octanol–water partition coefficient (Wildman–Crippen LogP) is 1.19. The predicted molar refractivity (Wildman–Crippen MR) is 130 cm³/mol. The number of carbonyl (C=O) groups excluding carboxylic acids is 1. The van der Waals surface area contributed by atoms with Crippen molar-refractivity contribution in [1.29, 1.82) is 0 Å². The molecule has 3 aliphatic heterocycles. The quantitative estimate of drug-likeness (QED) is 0.610. The molecule has 182 valence electrons. The molecule has 4 heterocycles. The van der Waals surface area contributed by atoms with Crippen molar-refractivity contribution in [2.45, 2.75) is 18.9 Å². The van der Waals surface area contributed by atoms with Crippen LogP contribution in [0.25, 0.3) is 0 Å². The molecule has 2 saturated heterocycles. The smallest absolute Gasteiger partial charge is 0.225 e. The van der Waals surface area contributed by atoms with Crippen LogP contribution >= 0.6 is 0 Å². The van der Waals surface area contributed by atoms with Crippen LogP contribution in [0, 0.1) is 5.92 Å². The lowest BCUT2D eigenvalue weighted by atomic mass is 9.83. The van der Waals surface area contributed by atoms with Crippen LogP contribution in [0.15, 0.2) is 36.8 Å². The van der Waals surface area contributed by atoms with Crippen LogP contribution in [0.3, 0.4) is 0 Å².